The highest BCUT2D eigenvalue weighted by Crippen LogP contribution is 2.68. The number of anilines is 3. The summed E-state index contributed by atoms with van der Waals surface area (Å²) >= 11 is 0. The van der Waals surface area contributed by atoms with Crippen LogP contribution in [0.4, 0.5) is 17.1 Å². The summed E-state index contributed by atoms with van der Waals surface area (Å²) in [6, 6.07) is 126. The van der Waals surface area contributed by atoms with Gasteiger partial charge in [0, 0.05) is 87.5 Å². The van der Waals surface area contributed by atoms with Gasteiger partial charge in [0.1, 0.15) is 22.3 Å². The van der Waals surface area contributed by atoms with Gasteiger partial charge in [-0.1, -0.05) is 456 Å². The SMILES string of the molecule is CCCCCCCC1(CCCCCCC)c2ccccc2-c2ccc(-c3ccc4c(c3)C(C)(C)c3cc(-c5ccc6c(c5)C(C)(C)c5c7c(c8oc9ccccc9c8c5-6)-c5ccc(N(c6ccc8c(c6)C(C)(C)c6cc(-c9ccc%10c(c9)C(C)(C)c9cc(-c%11ccc%12c(c%11)C(CCCCCCC)(CCCCCCC)c%11ccccc%11-%12)ccc9-%10)c9c(oc%10ccccc%109)c6-8)c6ccccc6-c6ccccc6)cc5C7(C)C)ccc3-4)cc21. The van der Waals surface area contributed by atoms with E-state index in [0.717, 1.165) is 66.7 Å². The fourth-order valence-corrected chi connectivity index (χ4v) is 30.2. The van der Waals surface area contributed by atoms with Crippen LogP contribution in [0.5, 0.6) is 0 Å². The molecular weight excluding hydrogens is 1810 g/mol. The van der Waals surface area contributed by atoms with Crippen molar-refractivity contribution >= 4 is 60.9 Å². The number of fused-ring (bicyclic) bond motifs is 31. The molecule has 0 N–H and O–H groups in total. The molecule has 0 fully saturated rings. The van der Waals surface area contributed by atoms with Gasteiger partial charge in [-0.25, -0.2) is 0 Å². The number of hydrogen-bond acceptors (Lipinski definition) is 3. The molecule has 26 rings (SSSR count). The highest BCUT2D eigenvalue weighted by atomic mass is 16.3. The lowest BCUT2D eigenvalue weighted by Crippen LogP contribution is -2.25. The molecule has 748 valence electrons. The maximum atomic E-state index is 7.48. The van der Waals surface area contributed by atoms with E-state index in [1.54, 1.807) is 22.3 Å². The molecule has 7 aliphatic rings. The molecule has 2 heterocycles. The van der Waals surface area contributed by atoms with Crippen molar-refractivity contribution in [1.29, 1.82) is 0 Å². The summed E-state index contributed by atoms with van der Waals surface area (Å²) in [5.74, 6) is 0. The summed E-state index contributed by atoms with van der Waals surface area (Å²) in [5, 5.41) is 4.66. The minimum atomic E-state index is -0.492. The number of unbranched alkanes of at least 4 members (excludes halogenated alkanes) is 16. The average molecular weight is 1960 g/mol. The molecule has 0 aliphatic heterocycles. The number of para-hydroxylation sites is 3. The molecule has 0 amide bonds. The standard InChI is InChI=1S/C147H143NO2/c1-15-19-23-27-44-78-146(79-45-28-24-20-16-2)117-55-39-34-51-103(117)109-72-63-97(86-126(109)146)94-61-70-106-105-69-60-93(82-119(105)141(5,6)120(106)83-94)96-65-75-112-123(85-96)144(11,12)137-134(112)135-115-54-38-43-59-131(115)150-140(135)136-113-77-68-101(90-125(113)145(13,14)138(136)137)148(129-57-41-36-50-102(129)92-48-32-31-33-49-92)100-67-76-111-124(89-100)143(9,10)128-91-116(132-114-53-37-42-58-130(114)149-139(132)133(111)128)99-66-74-108-107-71-62-95(84-121(107)142(7,8)122(108)88-99)98-64-73-110-104-52-35-40-56-118(104)147(127(110)87-98,80-46-29-25-21-17-3)81-47-30-26-22-18-4/h31-43,48-77,82-91H,15-30,44-47,78-81H2,1-14H3. The van der Waals surface area contributed by atoms with Gasteiger partial charge in [-0.05, 0) is 311 Å². The van der Waals surface area contributed by atoms with Crippen molar-refractivity contribution in [3.63, 3.8) is 0 Å². The lowest BCUT2D eigenvalue weighted by atomic mass is 9.70. The molecule has 3 heteroatoms. The van der Waals surface area contributed by atoms with E-state index < -0.39 is 16.2 Å². The molecule has 7 aliphatic carbocycles. The number of rotatable bonds is 32. The van der Waals surface area contributed by atoms with Crippen LogP contribution in [0, 0.1) is 0 Å². The van der Waals surface area contributed by atoms with Gasteiger partial charge in [-0.15, -0.1) is 0 Å². The molecule has 19 aromatic rings. The third-order valence-electron chi connectivity index (χ3n) is 38.0. The minimum absolute atomic E-state index is 0.0135. The lowest BCUT2D eigenvalue weighted by molar-refractivity contribution is 0.399. The third kappa shape index (κ3) is 14.7. The Morgan fingerprint density at radius 2 is 0.507 bits per heavy atom. The van der Waals surface area contributed by atoms with E-state index in [1.807, 2.05) is 0 Å². The highest BCUT2D eigenvalue weighted by molar-refractivity contribution is 6.22. The minimum Gasteiger partial charge on any atom is -0.455 e. The van der Waals surface area contributed by atoms with Crippen LogP contribution in [0.25, 0.3) is 177 Å². The Bertz CT molecular complexity index is 8650. The predicted octanol–water partition coefficient (Wildman–Crippen LogP) is 42.8. The molecule has 17 aromatic carbocycles. The average Bonchev–Trinajstić information content (AvgIpc) is 1.49. The van der Waals surface area contributed by atoms with Crippen LogP contribution in [0.15, 0.2) is 330 Å². The Balaban J connectivity index is 0.539. The number of benzene rings is 17. The molecule has 150 heavy (non-hydrogen) atoms. The van der Waals surface area contributed by atoms with E-state index in [0.29, 0.717) is 0 Å². The second-order valence-corrected chi connectivity index (χ2v) is 48.5. The molecule has 0 saturated heterocycles. The van der Waals surface area contributed by atoms with Crippen molar-refractivity contribution in [2.24, 2.45) is 0 Å². The Kier molecular flexibility index (Phi) is 23.5. The second kappa shape index (κ2) is 36.8. The Hall–Kier alpha value is -13.9. The first-order valence-corrected chi connectivity index (χ1v) is 57.5. The summed E-state index contributed by atoms with van der Waals surface area (Å²) in [5.41, 5.74) is 56.0. The molecule has 3 nitrogen and oxygen atoms in total. The maximum absolute atomic E-state index is 7.48. The van der Waals surface area contributed by atoms with E-state index in [4.69, 9.17) is 8.83 Å². The van der Waals surface area contributed by atoms with Crippen molar-refractivity contribution in [3.05, 3.63) is 399 Å². The van der Waals surface area contributed by atoms with E-state index in [-0.39, 0.29) is 21.7 Å². The van der Waals surface area contributed by atoms with Gasteiger partial charge in [-0.2, -0.15) is 0 Å². The Morgan fingerprint density at radius 3 is 0.960 bits per heavy atom. The third-order valence-corrected chi connectivity index (χ3v) is 38.0. The van der Waals surface area contributed by atoms with Gasteiger partial charge < -0.3 is 13.7 Å². The van der Waals surface area contributed by atoms with E-state index in [1.165, 1.54) is 338 Å². The van der Waals surface area contributed by atoms with Crippen LogP contribution in [0.1, 0.15) is 329 Å². The molecule has 2 aromatic heterocycles. The molecule has 0 spiro atoms. The zero-order valence-electron chi connectivity index (χ0n) is 90.8. The lowest BCUT2D eigenvalue weighted by Gasteiger charge is -2.33. The summed E-state index contributed by atoms with van der Waals surface area (Å²) in [7, 11) is 0. The van der Waals surface area contributed by atoms with Crippen molar-refractivity contribution in [2.45, 2.75) is 289 Å². The Morgan fingerprint density at radius 1 is 0.200 bits per heavy atom. The first-order valence-electron chi connectivity index (χ1n) is 57.5. The molecule has 0 bridgehead atoms. The molecule has 0 saturated carbocycles. The highest BCUT2D eigenvalue weighted by Gasteiger charge is 2.52. The summed E-state index contributed by atoms with van der Waals surface area (Å²) in [6.45, 7) is 34.2. The number of nitrogens with zero attached hydrogens (tertiary/aromatic N) is 1. The topological polar surface area (TPSA) is 29.5 Å². The Labute approximate surface area is 890 Å². The maximum Gasteiger partial charge on any atom is 0.144 e. The van der Waals surface area contributed by atoms with Gasteiger partial charge in [0.15, 0.2) is 0 Å². The van der Waals surface area contributed by atoms with Gasteiger partial charge in [0.2, 0.25) is 0 Å². The van der Waals surface area contributed by atoms with Gasteiger partial charge in [-0.3, -0.25) is 0 Å². The van der Waals surface area contributed by atoms with Crippen LogP contribution in [0.3, 0.4) is 0 Å². The monoisotopic (exact) mass is 1950 g/mol. The van der Waals surface area contributed by atoms with E-state index in [2.05, 4.69) is 423 Å². The fraction of sp³-hybridized carbons (Fsp3) is 0.306. The van der Waals surface area contributed by atoms with Crippen molar-refractivity contribution in [2.75, 3.05) is 4.90 Å². The zero-order chi connectivity index (χ0) is 102. The molecule has 0 unspecified atom stereocenters. The zero-order valence-corrected chi connectivity index (χ0v) is 90.8. The molecule has 0 radical (unpaired) electrons. The van der Waals surface area contributed by atoms with Crippen LogP contribution in [-0.2, 0) is 37.9 Å². The quantitative estimate of drug-likeness (QED) is 0.0394. The molecule has 0 atom stereocenters. The van der Waals surface area contributed by atoms with Gasteiger partial charge in [0.25, 0.3) is 0 Å². The van der Waals surface area contributed by atoms with E-state index in [9.17, 15) is 0 Å². The van der Waals surface area contributed by atoms with E-state index >= 15 is 0 Å². The van der Waals surface area contributed by atoms with Crippen LogP contribution >= 0.6 is 0 Å². The normalized spacial score (nSPS) is 15.6. The van der Waals surface area contributed by atoms with Gasteiger partial charge in [0.05, 0.1) is 5.69 Å². The first-order chi connectivity index (χ1) is 73.0. The second-order valence-electron chi connectivity index (χ2n) is 48.5. The summed E-state index contributed by atoms with van der Waals surface area (Å²) < 4.78 is 14.9. The first kappa shape index (κ1) is 95.8. The van der Waals surface area contributed by atoms with Crippen molar-refractivity contribution < 1.29 is 8.83 Å². The van der Waals surface area contributed by atoms with Crippen molar-refractivity contribution in [3.8, 4) is 134 Å². The summed E-state index contributed by atoms with van der Waals surface area (Å²) in [4.78, 5) is 2.57. The van der Waals surface area contributed by atoms with Gasteiger partial charge >= 0.3 is 0 Å². The largest absolute Gasteiger partial charge is 0.455 e. The fourth-order valence-electron chi connectivity index (χ4n) is 30.2. The smallest absolute Gasteiger partial charge is 0.144 e. The number of furan rings is 2. The van der Waals surface area contributed by atoms with Crippen LogP contribution in [0.2, 0.25) is 0 Å². The van der Waals surface area contributed by atoms with Crippen molar-refractivity contribution in [1.82, 2.24) is 0 Å². The van der Waals surface area contributed by atoms with Crippen LogP contribution in [-0.4, -0.2) is 0 Å². The predicted molar refractivity (Wildman–Crippen MR) is 637 cm³/mol. The van der Waals surface area contributed by atoms with Crippen LogP contribution < -0.4 is 4.90 Å². The summed E-state index contributed by atoms with van der Waals surface area (Å²) in [6.07, 6.45) is 30.7. The molecular formula is C147H143NO2. The number of hydrogen-bond donors (Lipinski definition) is 0.